The van der Waals surface area contributed by atoms with Crippen LogP contribution in [0.4, 0.5) is 4.39 Å². The molecular weight excluding hydrogens is 203 g/mol. The Morgan fingerprint density at radius 1 is 1.31 bits per heavy atom. The standard InChI is InChI=1S/C13H21FN2/c1-3-5-12(15-8-4-2)9-13-7-6-11(14)10-16-13/h6-7,10,12,15H,3-5,8-9H2,1-2H3. The Bertz CT molecular complexity index is 284. The van der Waals surface area contributed by atoms with Crippen LogP contribution in [0, 0.1) is 5.82 Å². The van der Waals surface area contributed by atoms with Gasteiger partial charge in [0.05, 0.1) is 6.20 Å². The Morgan fingerprint density at radius 2 is 2.12 bits per heavy atom. The van der Waals surface area contributed by atoms with Gasteiger partial charge in [-0.25, -0.2) is 4.39 Å². The van der Waals surface area contributed by atoms with E-state index in [0.717, 1.165) is 37.9 Å². The van der Waals surface area contributed by atoms with E-state index >= 15 is 0 Å². The highest BCUT2D eigenvalue weighted by molar-refractivity contribution is 5.06. The van der Waals surface area contributed by atoms with Crippen molar-refractivity contribution < 1.29 is 4.39 Å². The van der Waals surface area contributed by atoms with Crippen molar-refractivity contribution >= 4 is 0 Å². The Labute approximate surface area is 97.3 Å². The highest BCUT2D eigenvalue weighted by Gasteiger charge is 2.08. The fraction of sp³-hybridized carbons (Fsp3) is 0.615. The molecule has 1 rings (SSSR count). The number of aromatic nitrogens is 1. The SMILES string of the molecule is CCCNC(CCC)Cc1ccc(F)cn1. The number of hydrogen-bond donors (Lipinski definition) is 1. The van der Waals surface area contributed by atoms with Crippen molar-refractivity contribution in [2.45, 2.75) is 45.6 Å². The molecular formula is C13H21FN2. The minimum Gasteiger partial charge on any atom is -0.314 e. The zero-order valence-corrected chi connectivity index (χ0v) is 10.2. The molecule has 16 heavy (non-hydrogen) atoms. The smallest absolute Gasteiger partial charge is 0.141 e. The normalized spacial score (nSPS) is 12.7. The van der Waals surface area contributed by atoms with Crippen LogP contribution in [0.1, 0.15) is 38.8 Å². The van der Waals surface area contributed by atoms with Crippen molar-refractivity contribution in [3.05, 3.63) is 29.8 Å². The lowest BCUT2D eigenvalue weighted by atomic mass is 10.1. The summed E-state index contributed by atoms with van der Waals surface area (Å²) in [6.45, 7) is 5.37. The second-order valence-corrected chi connectivity index (χ2v) is 4.11. The average Bonchev–Trinajstić information content (AvgIpc) is 2.29. The molecule has 3 heteroatoms. The van der Waals surface area contributed by atoms with E-state index in [0.29, 0.717) is 6.04 Å². The first-order chi connectivity index (χ1) is 7.76. The minimum absolute atomic E-state index is 0.266. The summed E-state index contributed by atoms with van der Waals surface area (Å²) in [5, 5.41) is 3.50. The third kappa shape index (κ3) is 4.71. The summed E-state index contributed by atoms with van der Waals surface area (Å²) >= 11 is 0. The van der Waals surface area contributed by atoms with Gasteiger partial charge in [-0.2, -0.15) is 0 Å². The lowest BCUT2D eigenvalue weighted by molar-refractivity contribution is 0.468. The van der Waals surface area contributed by atoms with Crippen LogP contribution in [-0.4, -0.2) is 17.6 Å². The van der Waals surface area contributed by atoms with Gasteiger partial charge in [-0.15, -0.1) is 0 Å². The monoisotopic (exact) mass is 224 g/mol. The number of pyridine rings is 1. The van der Waals surface area contributed by atoms with Gasteiger partial charge in [0.15, 0.2) is 0 Å². The van der Waals surface area contributed by atoms with E-state index in [4.69, 9.17) is 0 Å². The summed E-state index contributed by atoms with van der Waals surface area (Å²) in [6, 6.07) is 3.71. The fourth-order valence-electron chi connectivity index (χ4n) is 1.75. The van der Waals surface area contributed by atoms with Gasteiger partial charge in [0, 0.05) is 18.2 Å². The number of nitrogens with zero attached hydrogens (tertiary/aromatic N) is 1. The summed E-state index contributed by atoms with van der Waals surface area (Å²) in [6.07, 6.45) is 5.60. The van der Waals surface area contributed by atoms with Crippen molar-refractivity contribution in [2.75, 3.05) is 6.54 Å². The molecule has 90 valence electrons. The summed E-state index contributed by atoms with van der Waals surface area (Å²) in [7, 11) is 0. The van der Waals surface area contributed by atoms with Crippen LogP contribution in [-0.2, 0) is 6.42 Å². The fourth-order valence-corrected chi connectivity index (χ4v) is 1.75. The lowest BCUT2D eigenvalue weighted by Gasteiger charge is -2.17. The molecule has 0 spiro atoms. The first-order valence-electron chi connectivity index (χ1n) is 6.10. The molecule has 1 heterocycles. The predicted octanol–water partition coefficient (Wildman–Crippen LogP) is 2.93. The first kappa shape index (κ1) is 13.1. The molecule has 0 aliphatic rings. The van der Waals surface area contributed by atoms with Gasteiger partial charge in [-0.3, -0.25) is 4.98 Å². The Kier molecular flexibility index (Phi) is 6.01. The average molecular weight is 224 g/mol. The third-order valence-electron chi connectivity index (χ3n) is 2.56. The molecule has 1 atom stereocenters. The number of rotatable bonds is 7. The first-order valence-corrected chi connectivity index (χ1v) is 6.10. The molecule has 1 aromatic heterocycles. The summed E-state index contributed by atoms with van der Waals surface area (Å²) in [4.78, 5) is 4.09. The maximum absolute atomic E-state index is 12.7. The van der Waals surface area contributed by atoms with Crippen LogP contribution < -0.4 is 5.32 Å². The molecule has 1 N–H and O–H groups in total. The molecule has 0 saturated carbocycles. The van der Waals surface area contributed by atoms with E-state index in [-0.39, 0.29) is 5.82 Å². The van der Waals surface area contributed by atoms with Crippen molar-refractivity contribution in [3.8, 4) is 0 Å². The van der Waals surface area contributed by atoms with E-state index in [2.05, 4.69) is 24.1 Å². The van der Waals surface area contributed by atoms with Crippen LogP contribution in [0.25, 0.3) is 0 Å². The largest absolute Gasteiger partial charge is 0.314 e. The minimum atomic E-state index is -0.266. The van der Waals surface area contributed by atoms with Crippen molar-refractivity contribution in [1.29, 1.82) is 0 Å². The van der Waals surface area contributed by atoms with Crippen LogP contribution in [0.3, 0.4) is 0 Å². The van der Waals surface area contributed by atoms with Gasteiger partial charge in [0.2, 0.25) is 0 Å². The van der Waals surface area contributed by atoms with Gasteiger partial charge in [0.1, 0.15) is 5.82 Å². The van der Waals surface area contributed by atoms with E-state index in [9.17, 15) is 4.39 Å². The number of nitrogens with one attached hydrogen (secondary N) is 1. The molecule has 0 aliphatic heterocycles. The Hall–Kier alpha value is -0.960. The van der Waals surface area contributed by atoms with Gasteiger partial charge >= 0.3 is 0 Å². The second-order valence-electron chi connectivity index (χ2n) is 4.11. The molecule has 0 aliphatic carbocycles. The van der Waals surface area contributed by atoms with Gasteiger partial charge in [-0.1, -0.05) is 20.3 Å². The molecule has 0 radical (unpaired) electrons. The number of halogens is 1. The van der Waals surface area contributed by atoms with Crippen LogP contribution in [0.5, 0.6) is 0 Å². The zero-order chi connectivity index (χ0) is 11.8. The Morgan fingerprint density at radius 3 is 2.69 bits per heavy atom. The van der Waals surface area contributed by atoms with E-state index in [1.54, 1.807) is 6.07 Å². The maximum Gasteiger partial charge on any atom is 0.141 e. The Balaban J connectivity index is 2.49. The maximum atomic E-state index is 12.7. The van der Waals surface area contributed by atoms with Crippen LogP contribution in [0.2, 0.25) is 0 Å². The molecule has 0 amide bonds. The lowest BCUT2D eigenvalue weighted by Crippen LogP contribution is -2.31. The molecule has 2 nitrogen and oxygen atoms in total. The predicted molar refractivity (Wildman–Crippen MR) is 64.9 cm³/mol. The van der Waals surface area contributed by atoms with Crippen LogP contribution >= 0.6 is 0 Å². The number of hydrogen-bond acceptors (Lipinski definition) is 2. The highest BCUT2D eigenvalue weighted by Crippen LogP contribution is 2.06. The van der Waals surface area contributed by atoms with Crippen molar-refractivity contribution in [1.82, 2.24) is 10.3 Å². The second kappa shape index (κ2) is 7.34. The highest BCUT2D eigenvalue weighted by atomic mass is 19.1. The summed E-state index contributed by atoms with van der Waals surface area (Å²) in [5.74, 6) is -0.266. The molecule has 0 bridgehead atoms. The molecule has 0 aromatic carbocycles. The quantitative estimate of drug-likeness (QED) is 0.770. The summed E-state index contributed by atoms with van der Waals surface area (Å²) < 4.78 is 12.7. The van der Waals surface area contributed by atoms with Gasteiger partial charge in [0.25, 0.3) is 0 Å². The van der Waals surface area contributed by atoms with E-state index < -0.39 is 0 Å². The molecule has 1 aromatic rings. The van der Waals surface area contributed by atoms with Gasteiger partial charge in [-0.05, 0) is 31.5 Å². The summed E-state index contributed by atoms with van der Waals surface area (Å²) in [5.41, 5.74) is 0.962. The van der Waals surface area contributed by atoms with Crippen molar-refractivity contribution in [3.63, 3.8) is 0 Å². The molecule has 0 fully saturated rings. The zero-order valence-electron chi connectivity index (χ0n) is 10.2. The van der Waals surface area contributed by atoms with E-state index in [1.165, 1.54) is 12.3 Å². The van der Waals surface area contributed by atoms with Crippen molar-refractivity contribution in [2.24, 2.45) is 0 Å². The van der Waals surface area contributed by atoms with Gasteiger partial charge < -0.3 is 5.32 Å². The third-order valence-corrected chi connectivity index (χ3v) is 2.56. The van der Waals surface area contributed by atoms with Crippen LogP contribution in [0.15, 0.2) is 18.3 Å². The van der Waals surface area contributed by atoms with E-state index in [1.807, 2.05) is 0 Å². The molecule has 0 saturated heterocycles. The topological polar surface area (TPSA) is 24.9 Å². The molecule has 1 unspecified atom stereocenters.